The van der Waals surface area contributed by atoms with Crippen LogP contribution in [-0.4, -0.2) is 42.3 Å². The first-order valence-corrected chi connectivity index (χ1v) is 12.0. The highest BCUT2D eigenvalue weighted by atomic mass is 16.5. The fourth-order valence-corrected chi connectivity index (χ4v) is 4.73. The quantitative estimate of drug-likeness (QED) is 0.430. The second kappa shape index (κ2) is 10.7. The highest BCUT2D eigenvalue weighted by Gasteiger charge is 2.34. The monoisotopic (exact) mass is 464 g/mol. The van der Waals surface area contributed by atoms with Gasteiger partial charge in [0.25, 0.3) is 0 Å². The molecular weight excluding hydrogens is 432 g/mol. The van der Waals surface area contributed by atoms with E-state index in [1.165, 1.54) is 22.3 Å². The number of fused-ring (bicyclic) bond motifs is 3. The Hall–Kier alpha value is -3.35. The molecule has 180 valence electrons. The molecule has 1 fully saturated rings. The zero-order valence-electron chi connectivity index (χ0n) is 19.5. The van der Waals surface area contributed by atoms with Crippen LogP contribution in [0.25, 0.3) is 11.1 Å². The molecule has 3 N–H and O–H groups in total. The zero-order valence-corrected chi connectivity index (χ0v) is 19.5. The summed E-state index contributed by atoms with van der Waals surface area (Å²) in [6.45, 7) is 2.51. The fraction of sp³-hybridized carbons (Fsp3) is 0.444. The van der Waals surface area contributed by atoms with E-state index in [0.29, 0.717) is 19.4 Å². The number of benzene rings is 2. The van der Waals surface area contributed by atoms with Gasteiger partial charge >= 0.3 is 12.1 Å². The molecule has 2 aliphatic rings. The van der Waals surface area contributed by atoms with Crippen molar-refractivity contribution in [3.05, 3.63) is 59.7 Å². The molecule has 0 bridgehead atoms. The number of carboxylic acid groups (broad SMARTS) is 1. The summed E-state index contributed by atoms with van der Waals surface area (Å²) < 4.78 is 5.53. The van der Waals surface area contributed by atoms with E-state index in [4.69, 9.17) is 9.84 Å². The predicted molar refractivity (Wildman–Crippen MR) is 128 cm³/mol. The minimum absolute atomic E-state index is 0.0204. The average Bonchev–Trinajstić information content (AvgIpc) is 3.63. The first kappa shape index (κ1) is 23.8. The summed E-state index contributed by atoms with van der Waals surface area (Å²) in [5, 5.41) is 14.7. The van der Waals surface area contributed by atoms with Crippen molar-refractivity contribution in [2.45, 2.75) is 51.0 Å². The van der Waals surface area contributed by atoms with Gasteiger partial charge in [-0.25, -0.2) is 4.79 Å². The number of hydrogen-bond donors (Lipinski definition) is 3. The molecule has 4 rings (SSSR count). The van der Waals surface area contributed by atoms with E-state index in [0.717, 1.165) is 12.8 Å². The number of rotatable bonds is 11. The maximum absolute atomic E-state index is 12.4. The van der Waals surface area contributed by atoms with Crippen LogP contribution in [-0.2, 0) is 14.3 Å². The SMILES string of the molecule is CC(CCCNC(=O)OCC1c2ccccc2-c2ccccc21)C(=O)NC(CC(=O)O)C1CC1. The Labute approximate surface area is 199 Å². The van der Waals surface area contributed by atoms with Gasteiger partial charge in [0.15, 0.2) is 0 Å². The molecule has 2 unspecified atom stereocenters. The molecule has 0 aliphatic heterocycles. The summed E-state index contributed by atoms with van der Waals surface area (Å²) in [5.74, 6) is -0.967. The average molecular weight is 465 g/mol. The van der Waals surface area contributed by atoms with Crippen molar-refractivity contribution < 1.29 is 24.2 Å². The number of carboxylic acids is 1. The summed E-state index contributed by atoms with van der Waals surface area (Å²) in [5.41, 5.74) is 4.71. The molecule has 2 aromatic rings. The van der Waals surface area contributed by atoms with Crippen molar-refractivity contribution in [1.29, 1.82) is 0 Å². The van der Waals surface area contributed by atoms with E-state index in [1.54, 1.807) is 0 Å². The van der Waals surface area contributed by atoms with Gasteiger partial charge in [-0.2, -0.15) is 0 Å². The molecular formula is C27H32N2O5. The highest BCUT2D eigenvalue weighted by Crippen LogP contribution is 2.44. The maximum Gasteiger partial charge on any atom is 0.407 e. The Morgan fingerprint density at radius 3 is 2.24 bits per heavy atom. The summed E-state index contributed by atoms with van der Waals surface area (Å²) in [6, 6.07) is 16.1. The Morgan fingerprint density at radius 2 is 1.65 bits per heavy atom. The lowest BCUT2D eigenvalue weighted by atomic mass is 9.98. The summed E-state index contributed by atoms with van der Waals surface area (Å²) in [7, 11) is 0. The van der Waals surface area contributed by atoms with E-state index in [9.17, 15) is 14.4 Å². The van der Waals surface area contributed by atoms with Crippen molar-refractivity contribution in [3.8, 4) is 11.1 Å². The molecule has 0 heterocycles. The number of carbonyl (C=O) groups is 3. The third-order valence-electron chi connectivity index (χ3n) is 6.79. The largest absolute Gasteiger partial charge is 0.481 e. The molecule has 0 spiro atoms. The number of nitrogens with one attached hydrogen (secondary N) is 2. The molecule has 0 aromatic heterocycles. The summed E-state index contributed by atoms with van der Waals surface area (Å²) in [6.07, 6.45) is 2.67. The third-order valence-corrected chi connectivity index (χ3v) is 6.79. The molecule has 0 radical (unpaired) electrons. The van der Waals surface area contributed by atoms with E-state index in [-0.39, 0.29) is 42.7 Å². The zero-order chi connectivity index (χ0) is 24.1. The molecule has 7 nitrogen and oxygen atoms in total. The fourth-order valence-electron chi connectivity index (χ4n) is 4.73. The first-order chi connectivity index (χ1) is 16.4. The molecule has 2 aromatic carbocycles. The molecule has 2 atom stereocenters. The molecule has 2 aliphatic carbocycles. The van der Waals surface area contributed by atoms with Crippen molar-refractivity contribution in [2.75, 3.05) is 13.2 Å². The van der Waals surface area contributed by atoms with Crippen LogP contribution in [0.2, 0.25) is 0 Å². The number of carbonyl (C=O) groups excluding carboxylic acids is 2. The highest BCUT2D eigenvalue weighted by molar-refractivity contribution is 5.80. The van der Waals surface area contributed by atoms with E-state index < -0.39 is 12.1 Å². The molecule has 2 amide bonds. The minimum Gasteiger partial charge on any atom is -0.481 e. The maximum atomic E-state index is 12.4. The van der Waals surface area contributed by atoms with E-state index in [2.05, 4.69) is 34.9 Å². The van der Waals surface area contributed by atoms with Gasteiger partial charge in [0.2, 0.25) is 5.91 Å². The van der Waals surface area contributed by atoms with Crippen LogP contribution < -0.4 is 10.6 Å². The molecule has 0 saturated heterocycles. The lowest BCUT2D eigenvalue weighted by molar-refractivity contribution is -0.138. The second-order valence-electron chi connectivity index (χ2n) is 9.35. The smallest absolute Gasteiger partial charge is 0.407 e. The van der Waals surface area contributed by atoms with Gasteiger partial charge in [0, 0.05) is 24.4 Å². The lowest BCUT2D eigenvalue weighted by Crippen LogP contribution is -2.41. The van der Waals surface area contributed by atoms with Crippen LogP contribution in [0.15, 0.2) is 48.5 Å². The van der Waals surface area contributed by atoms with Gasteiger partial charge in [0.05, 0.1) is 6.42 Å². The topological polar surface area (TPSA) is 105 Å². The molecule has 34 heavy (non-hydrogen) atoms. The van der Waals surface area contributed by atoms with Gasteiger partial charge in [0.1, 0.15) is 6.61 Å². The van der Waals surface area contributed by atoms with Crippen LogP contribution in [0, 0.1) is 11.8 Å². The van der Waals surface area contributed by atoms with Gasteiger partial charge in [-0.15, -0.1) is 0 Å². The van der Waals surface area contributed by atoms with Crippen LogP contribution in [0.1, 0.15) is 56.1 Å². The number of alkyl carbamates (subject to hydrolysis) is 1. The molecule has 7 heteroatoms. The van der Waals surface area contributed by atoms with Crippen molar-refractivity contribution in [1.82, 2.24) is 10.6 Å². The summed E-state index contributed by atoms with van der Waals surface area (Å²) in [4.78, 5) is 35.7. The van der Waals surface area contributed by atoms with Gasteiger partial charge in [-0.05, 0) is 53.9 Å². The van der Waals surface area contributed by atoms with Crippen molar-refractivity contribution in [2.24, 2.45) is 11.8 Å². The number of amides is 2. The van der Waals surface area contributed by atoms with Crippen LogP contribution in [0.4, 0.5) is 4.79 Å². The van der Waals surface area contributed by atoms with E-state index in [1.807, 2.05) is 31.2 Å². The van der Waals surface area contributed by atoms with Crippen molar-refractivity contribution >= 4 is 18.0 Å². The standard InChI is InChI=1S/C27H32N2O5/c1-17(26(32)29-24(15-25(30)31)18-12-13-18)7-6-14-28-27(33)34-16-23-21-10-4-2-8-19(21)20-9-3-5-11-22(20)23/h2-5,8-11,17-18,23-24H,6-7,12-16H2,1H3,(H,28,33)(H,29,32)(H,30,31). The first-order valence-electron chi connectivity index (χ1n) is 12.0. The third kappa shape index (κ3) is 5.76. The van der Waals surface area contributed by atoms with Gasteiger partial charge in [-0.3, -0.25) is 9.59 Å². The van der Waals surface area contributed by atoms with Crippen LogP contribution >= 0.6 is 0 Å². The number of ether oxygens (including phenoxy) is 1. The number of aliphatic carboxylic acids is 1. The normalized spacial score (nSPS) is 16.1. The summed E-state index contributed by atoms with van der Waals surface area (Å²) >= 11 is 0. The molecule has 1 saturated carbocycles. The van der Waals surface area contributed by atoms with E-state index >= 15 is 0 Å². The Morgan fingerprint density at radius 1 is 1.03 bits per heavy atom. The van der Waals surface area contributed by atoms with Crippen LogP contribution in [0.5, 0.6) is 0 Å². The van der Waals surface area contributed by atoms with Crippen LogP contribution in [0.3, 0.4) is 0 Å². The van der Waals surface area contributed by atoms with Gasteiger partial charge < -0.3 is 20.5 Å². The van der Waals surface area contributed by atoms with Crippen molar-refractivity contribution in [3.63, 3.8) is 0 Å². The second-order valence-corrected chi connectivity index (χ2v) is 9.35. The Balaban J connectivity index is 1.18. The number of hydrogen-bond acceptors (Lipinski definition) is 4. The Bertz CT molecular complexity index is 1000. The predicted octanol–water partition coefficient (Wildman–Crippen LogP) is 4.31. The minimum atomic E-state index is -0.892. The lowest BCUT2D eigenvalue weighted by Gasteiger charge is -2.19. The Kier molecular flexibility index (Phi) is 7.50. The van der Waals surface area contributed by atoms with Gasteiger partial charge in [-0.1, -0.05) is 55.5 Å².